The summed E-state index contributed by atoms with van der Waals surface area (Å²) in [6.45, 7) is 1.69. The van der Waals surface area contributed by atoms with Crippen LogP contribution in [0.4, 0.5) is 10.1 Å². The molecular formula is C20H21FN10O2. The molecule has 0 saturated heterocycles. The minimum absolute atomic E-state index is 0.111. The SMILES string of the molecule is CN1CC(c2nnn[nH]2)Cn2nc3c(c2C1=O)CN(C(O)Nc1ccc(F)c(C#N)c1)CC3. The molecule has 5 rings (SSSR count). The number of benzene rings is 1. The Kier molecular flexibility index (Phi) is 5.23. The van der Waals surface area contributed by atoms with Gasteiger partial charge in [0, 0.05) is 44.4 Å². The maximum atomic E-state index is 13.6. The second-order valence-corrected chi connectivity index (χ2v) is 8.17. The molecule has 3 N–H and O–H groups in total. The number of carbonyl (C=O) groups excluding carboxylic acids is 1. The molecule has 2 atom stereocenters. The summed E-state index contributed by atoms with van der Waals surface area (Å²) in [6.07, 6.45) is -0.552. The van der Waals surface area contributed by atoms with Crippen molar-refractivity contribution >= 4 is 11.6 Å². The Labute approximate surface area is 187 Å². The molecule has 4 heterocycles. The van der Waals surface area contributed by atoms with Crippen LogP contribution in [0.25, 0.3) is 0 Å². The zero-order valence-corrected chi connectivity index (χ0v) is 17.7. The van der Waals surface area contributed by atoms with Crippen molar-refractivity contribution in [1.82, 2.24) is 40.2 Å². The first-order chi connectivity index (χ1) is 15.9. The van der Waals surface area contributed by atoms with Crippen molar-refractivity contribution in [3.63, 3.8) is 0 Å². The van der Waals surface area contributed by atoms with Crippen molar-refractivity contribution in [3.8, 4) is 6.07 Å². The molecule has 2 unspecified atom stereocenters. The van der Waals surface area contributed by atoms with Crippen LogP contribution in [0.15, 0.2) is 18.2 Å². The number of amides is 1. The van der Waals surface area contributed by atoms with E-state index in [9.17, 15) is 14.3 Å². The number of H-pyrrole nitrogens is 1. The van der Waals surface area contributed by atoms with Crippen LogP contribution in [0.1, 0.15) is 39.1 Å². The summed E-state index contributed by atoms with van der Waals surface area (Å²) in [5.41, 5.74) is 2.39. The number of aromatic nitrogens is 6. The zero-order chi connectivity index (χ0) is 23.1. The molecule has 2 aromatic heterocycles. The molecule has 2 aliphatic heterocycles. The monoisotopic (exact) mass is 452 g/mol. The number of aliphatic hydroxyl groups excluding tert-OH is 1. The topological polar surface area (TPSA) is 152 Å². The van der Waals surface area contributed by atoms with E-state index in [1.54, 1.807) is 27.6 Å². The lowest BCUT2D eigenvalue weighted by molar-refractivity contribution is 0.0159. The van der Waals surface area contributed by atoms with E-state index in [0.29, 0.717) is 49.8 Å². The molecule has 1 amide bonds. The highest BCUT2D eigenvalue weighted by atomic mass is 19.1. The largest absolute Gasteiger partial charge is 0.361 e. The quantitative estimate of drug-likeness (QED) is 0.465. The molecular weight excluding hydrogens is 431 g/mol. The molecule has 2 aliphatic rings. The minimum Gasteiger partial charge on any atom is -0.361 e. The van der Waals surface area contributed by atoms with Gasteiger partial charge in [0.2, 0.25) is 0 Å². The summed E-state index contributed by atoms with van der Waals surface area (Å²) < 4.78 is 15.3. The van der Waals surface area contributed by atoms with Crippen molar-refractivity contribution in [2.24, 2.45) is 0 Å². The van der Waals surface area contributed by atoms with Crippen molar-refractivity contribution in [3.05, 3.63) is 52.4 Å². The Morgan fingerprint density at radius 3 is 3.00 bits per heavy atom. The van der Waals surface area contributed by atoms with Gasteiger partial charge in [0.25, 0.3) is 5.91 Å². The van der Waals surface area contributed by atoms with Gasteiger partial charge in [0.1, 0.15) is 17.6 Å². The second kappa shape index (κ2) is 8.23. The molecule has 12 nitrogen and oxygen atoms in total. The van der Waals surface area contributed by atoms with E-state index in [0.717, 1.165) is 11.3 Å². The molecule has 1 aromatic carbocycles. The normalized spacial score (nSPS) is 19.4. The van der Waals surface area contributed by atoms with Gasteiger partial charge in [-0.15, -0.1) is 5.10 Å². The Morgan fingerprint density at radius 1 is 1.39 bits per heavy atom. The predicted molar refractivity (Wildman–Crippen MR) is 111 cm³/mol. The summed E-state index contributed by atoms with van der Waals surface area (Å²) in [7, 11) is 1.73. The first-order valence-electron chi connectivity index (χ1n) is 10.4. The number of carbonyl (C=O) groups is 1. The summed E-state index contributed by atoms with van der Waals surface area (Å²) in [6, 6.07) is 5.76. The Hall–Kier alpha value is -3.89. The third-order valence-corrected chi connectivity index (χ3v) is 6.04. The number of hydrogen-bond donors (Lipinski definition) is 3. The van der Waals surface area contributed by atoms with Gasteiger partial charge in [-0.1, -0.05) is 0 Å². The average Bonchev–Trinajstić information content (AvgIpc) is 3.44. The minimum atomic E-state index is -1.10. The molecule has 33 heavy (non-hydrogen) atoms. The van der Waals surface area contributed by atoms with Crippen LogP contribution in [0.3, 0.4) is 0 Å². The van der Waals surface area contributed by atoms with E-state index < -0.39 is 12.2 Å². The smallest absolute Gasteiger partial charge is 0.272 e. The van der Waals surface area contributed by atoms with E-state index in [1.807, 2.05) is 0 Å². The number of nitrogens with zero attached hydrogens (tertiary/aromatic N) is 8. The van der Waals surface area contributed by atoms with Gasteiger partial charge < -0.3 is 15.3 Å². The number of fused-ring (bicyclic) bond motifs is 3. The highest BCUT2D eigenvalue weighted by molar-refractivity contribution is 5.94. The number of halogens is 1. The third-order valence-electron chi connectivity index (χ3n) is 6.04. The fourth-order valence-electron chi connectivity index (χ4n) is 4.34. The van der Waals surface area contributed by atoms with Crippen molar-refractivity contribution in [2.75, 3.05) is 25.5 Å². The molecule has 0 aliphatic carbocycles. The molecule has 0 saturated carbocycles. The first-order valence-corrected chi connectivity index (χ1v) is 10.4. The fourth-order valence-corrected chi connectivity index (χ4v) is 4.34. The molecule has 0 bridgehead atoms. The van der Waals surface area contributed by atoms with Crippen LogP contribution < -0.4 is 5.32 Å². The maximum absolute atomic E-state index is 13.6. The summed E-state index contributed by atoms with van der Waals surface area (Å²) in [5, 5.41) is 41.4. The summed E-state index contributed by atoms with van der Waals surface area (Å²) >= 11 is 0. The summed E-state index contributed by atoms with van der Waals surface area (Å²) in [4.78, 5) is 16.6. The second-order valence-electron chi connectivity index (χ2n) is 8.17. The average molecular weight is 452 g/mol. The van der Waals surface area contributed by atoms with Gasteiger partial charge in [-0.05, 0) is 28.6 Å². The third kappa shape index (κ3) is 3.79. The number of hydrogen-bond acceptors (Lipinski definition) is 9. The van der Waals surface area contributed by atoms with Gasteiger partial charge in [-0.3, -0.25) is 14.4 Å². The van der Waals surface area contributed by atoms with Crippen LogP contribution in [0.2, 0.25) is 0 Å². The van der Waals surface area contributed by atoms with E-state index in [2.05, 4.69) is 31.0 Å². The first kappa shape index (κ1) is 21.0. The molecule has 13 heteroatoms. The van der Waals surface area contributed by atoms with Crippen molar-refractivity contribution in [1.29, 1.82) is 5.26 Å². The number of tetrazole rings is 1. The zero-order valence-electron chi connectivity index (χ0n) is 17.7. The van der Waals surface area contributed by atoms with Crippen molar-refractivity contribution < 1.29 is 14.3 Å². The molecule has 0 fully saturated rings. The van der Waals surface area contributed by atoms with E-state index in [-0.39, 0.29) is 17.4 Å². The number of aromatic amines is 1. The van der Waals surface area contributed by atoms with Crippen LogP contribution in [0.5, 0.6) is 0 Å². The van der Waals surface area contributed by atoms with Crippen molar-refractivity contribution in [2.45, 2.75) is 31.8 Å². The highest BCUT2D eigenvalue weighted by Crippen LogP contribution is 2.29. The number of aliphatic hydroxyl groups is 1. The molecule has 0 spiro atoms. The number of likely N-dealkylation sites (N-methyl/N-ethyl adjacent to an activating group) is 1. The lowest BCUT2D eigenvalue weighted by Gasteiger charge is -2.32. The fraction of sp³-hybridized carbons (Fsp3) is 0.400. The van der Waals surface area contributed by atoms with Crippen LogP contribution in [-0.4, -0.2) is 77.7 Å². The predicted octanol–water partition coefficient (Wildman–Crippen LogP) is 0.0225. The Balaban J connectivity index is 1.39. The van der Waals surface area contributed by atoms with Gasteiger partial charge in [0.15, 0.2) is 12.2 Å². The Morgan fingerprint density at radius 2 is 2.24 bits per heavy atom. The molecule has 170 valence electrons. The molecule has 0 radical (unpaired) electrons. The van der Waals surface area contributed by atoms with E-state index in [1.165, 1.54) is 18.2 Å². The number of anilines is 1. The van der Waals surface area contributed by atoms with E-state index in [4.69, 9.17) is 5.26 Å². The van der Waals surface area contributed by atoms with Gasteiger partial charge in [-0.25, -0.2) is 9.49 Å². The van der Waals surface area contributed by atoms with Gasteiger partial charge >= 0.3 is 0 Å². The van der Waals surface area contributed by atoms with Crippen LogP contribution >= 0.6 is 0 Å². The standard InChI is InChI=1S/C20H21FN10O2/c1-29-8-12(18-24-27-28-25-18)9-31-17(19(29)32)14-10-30(5-4-16(14)26-31)20(33)23-13-2-3-15(21)11(6-13)7-22/h2-3,6,12,20,23,33H,4-5,8-10H2,1H3,(H,24,25,27,28). The number of nitrogens with one attached hydrogen (secondary N) is 2. The maximum Gasteiger partial charge on any atom is 0.272 e. The number of rotatable bonds is 4. The van der Waals surface area contributed by atoms with Crippen LogP contribution in [0, 0.1) is 17.1 Å². The lowest BCUT2D eigenvalue weighted by atomic mass is 10.0. The molecule has 3 aromatic rings. The van der Waals surface area contributed by atoms with Gasteiger partial charge in [-0.2, -0.15) is 10.4 Å². The van der Waals surface area contributed by atoms with Crippen LogP contribution in [-0.2, 0) is 19.5 Å². The number of nitriles is 1. The summed E-state index contributed by atoms with van der Waals surface area (Å²) in [5.74, 6) is -0.314. The van der Waals surface area contributed by atoms with E-state index >= 15 is 0 Å². The van der Waals surface area contributed by atoms with Gasteiger partial charge in [0.05, 0.1) is 23.7 Å². The Bertz CT molecular complexity index is 1230. The highest BCUT2D eigenvalue weighted by Gasteiger charge is 2.36. The lowest BCUT2D eigenvalue weighted by Crippen LogP contribution is -2.44.